The Balaban J connectivity index is 1.77. The molecule has 26 heavy (non-hydrogen) atoms. The van der Waals surface area contributed by atoms with E-state index in [2.05, 4.69) is 10.6 Å². The van der Waals surface area contributed by atoms with E-state index in [1.807, 2.05) is 49.4 Å². The van der Waals surface area contributed by atoms with Crippen LogP contribution in [0.5, 0.6) is 0 Å². The number of para-hydroxylation sites is 1. The van der Waals surface area contributed by atoms with Crippen LogP contribution >= 0.6 is 11.6 Å². The first-order valence-electron chi connectivity index (χ1n) is 8.55. The molecule has 2 amide bonds. The van der Waals surface area contributed by atoms with Crippen LogP contribution in [0.2, 0.25) is 5.02 Å². The zero-order chi connectivity index (χ0) is 18.9. The van der Waals surface area contributed by atoms with Gasteiger partial charge in [-0.1, -0.05) is 48.9 Å². The molecular formula is C20H24ClN3O2. The molecular weight excluding hydrogens is 350 g/mol. The highest BCUT2D eigenvalue weighted by Gasteiger charge is 2.12. The number of carbonyl (C=O) groups is 2. The van der Waals surface area contributed by atoms with Crippen LogP contribution in [-0.2, 0) is 22.6 Å². The molecule has 0 saturated heterocycles. The fourth-order valence-corrected chi connectivity index (χ4v) is 2.80. The number of rotatable bonds is 8. The van der Waals surface area contributed by atoms with Crippen molar-refractivity contribution >= 4 is 29.1 Å². The average Bonchev–Trinajstić information content (AvgIpc) is 2.60. The van der Waals surface area contributed by atoms with Gasteiger partial charge in [-0.2, -0.15) is 0 Å². The van der Waals surface area contributed by atoms with Gasteiger partial charge in [-0.25, -0.2) is 0 Å². The van der Waals surface area contributed by atoms with Crippen molar-refractivity contribution in [3.63, 3.8) is 0 Å². The minimum atomic E-state index is -0.144. The lowest BCUT2D eigenvalue weighted by atomic mass is 10.1. The Morgan fingerprint density at radius 3 is 2.50 bits per heavy atom. The van der Waals surface area contributed by atoms with Crippen molar-refractivity contribution in [1.29, 1.82) is 0 Å². The number of hydrogen-bond acceptors (Lipinski definition) is 3. The van der Waals surface area contributed by atoms with Crippen LogP contribution in [0.25, 0.3) is 0 Å². The molecule has 0 heterocycles. The van der Waals surface area contributed by atoms with Crippen molar-refractivity contribution in [1.82, 2.24) is 10.2 Å². The molecule has 2 N–H and O–H groups in total. The quantitative estimate of drug-likeness (QED) is 0.747. The van der Waals surface area contributed by atoms with Crippen molar-refractivity contribution in [3.05, 3.63) is 64.7 Å². The summed E-state index contributed by atoms with van der Waals surface area (Å²) in [6, 6.07) is 15.0. The molecule has 0 radical (unpaired) electrons. The number of carbonyl (C=O) groups excluding carboxylic acids is 2. The summed E-state index contributed by atoms with van der Waals surface area (Å²) >= 11 is 5.92. The van der Waals surface area contributed by atoms with E-state index in [0.717, 1.165) is 23.2 Å². The molecule has 0 spiro atoms. The molecule has 0 atom stereocenters. The lowest BCUT2D eigenvalue weighted by Gasteiger charge is -2.17. The molecule has 2 aromatic rings. The van der Waals surface area contributed by atoms with Gasteiger partial charge in [0.2, 0.25) is 11.8 Å². The third kappa shape index (κ3) is 6.50. The summed E-state index contributed by atoms with van der Waals surface area (Å²) in [6.45, 7) is 2.73. The van der Waals surface area contributed by atoms with Gasteiger partial charge in [0, 0.05) is 17.3 Å². The van der Waals surface area contributed by atoms with E-state index in [1.54, 1.807) is 18.0 Å². The Kier molecular flexibility index (Phi) is 7.63. The van der Waals surface area contributed by atoms with E-state index >= 15 is 0 Å². The molecule has 2 aromatic carbocycles. The van der Waals surface area contributed by atoms with E-state index in [0.29, 0.717) is 11.6 Å². The van der Waals surface area contributed by atoms with Gasteiger partial charge in [-0.05, 0) is 42.8 Å². The number of anilines is 1. The van der Waals surface area contributed by atoms with Crippen LogP contribution in [0.3, 0.4) is 0 Å². The summed E-state index contributed by atoms with van der Waals surface area (Å²) in [6.07, 6.45) is 0.845. The maximum Gasteiger partial charge on any atom is 0.238 e. The number of nitrogens with zero attached hydrogens (tertiary/aromatic N) is 1. The molecule has 0 bridgehead atoms. The van der Waals surface area contributed by atoms with Crippen molar-refractivity contribution in [3.8, 4) is 0 Å². The zero-order valence-corrected chi connectivity index (χ0v) is 15.8. The molecule has 0 aliphatic rings. The largest absolute Gasteiger partial charge is 0.351 e. The van der Waals surface area contributed by atoms with E-state index in [-0.39, 0.29) is 24.9 Å². The standard InChI is InChI=1S/C20H24ClN3O2/c1-3-16-8-4-5-10-18(16)23-20(26)14-24(2)13-19(25)22-12-15-7-6-9-17(21)11-15/h4-11H,3,12-14H2,1-2H3,(H,22,25)(H,23,26). The molecule has 0 aliphatic heterocycles. The smallest absolute Gasteiger partial charge is 0.238 e. The third-order valence-electron chi connectivity index (χ3n) is 3.88. The lowest BCUT2D eigenvalue weighted by Crippen LogP contribution is -2.38. The second-order valence-electron chi connectivity index (χ2n) is 6.14. The molecule has 0 aliphatic carbocycles. The van der Waals surface area contributed by atoms with Crippen molar-refractivity contribution in [2.75, 3.05) is 25.5 Å². The molecule has 0 fully saturated rings. The van der Waals surface area contributed by atoms with Gasteiger partial charge >= 0.3 is 0 Å². The van der Waals surface area contributed by atoms with E-state index in [1.165, 1.54) is 0 Å². The van der Waals surface area contributed by atoms with Gasteiger partial charge in [0.05, 0.1) is 13.1 Å². The van der Waals surface area contributed by atoms with E-state index in [9.17, 15) is 9.59 Å². The first-order chi connectivity index (χ1) is 12.5. The van der Waals surface area contributed by atoms with Crippen LogP contribution in [0, 0.1) is 0 Å². The zero-order valence-electron chi connectivity index (χ0n) is 15.1. The summed E-state index contributed by atoms with van der Waals surface area (Å²) in [7, 11) is 1.74. The molecule has 6 heteroatoms. The Morgan fingerprint density at radius 2 is 1.77 bits per heavy atom. The highest BCUT2D eigenvalue weighted by molar-refractivity contribution is 6.30. The van der Waals surface area contributed by atoms with Crippen LogP contribution in [0.4, 0.5) is 5.69 Å². The number of benzene rings is 2. The van der Waals surface area contributed by atoms with Crippen LogP contribution in [0.15, 0.2) is 48.5 Å². The Hall–Kier alpha value is -2.37. The molecule has 5 nitrogen and oxygen atoms in total. The van der Waals surface area contributed by atoms with Gasteiger partial charge in [-0.15, -0.1) is 0 Å². The topological polar surface area (TPSA) is 61.4 Å². The van der Waals surface area contributed by atoms with Gasteiger partial charge in [0.1, 0.15) is 0 Å². The minimum absolute atomic E-state index is 0.142. The SMILES string of the molecule is CCc1ccccc1NC(=O)CN(C)CC(=O)NCc1cccc(Cl)c1. The molecule has 0 saturated carbocycles. The van der Waals surface area contributed by atoms with Crippen molar-refractivity contribution < 1.29 is 9.59 Å². The Bertz CT molecular complexity index is 764. The lowest BCUT2D eigenvalue weighted by molar-refractivity contribution is -0.123. The van der Waals surface area contributed by atoms with Gasteiger partial charge in [-0.3, -0.25) is 14.5 Å². The highest BCUT2D eigenvalue weighted by Crippen LogP contribution is 2.15. The maximum atomic E-state index is 12.2. The summed E-state index contributed by atoms with van der Waals surface area (Å²) in [5, 5.41) is 6.37. The second-order valence-corrected chi connectivity index (χ2v) is 6.57. The summed E-state index contributed by atoms with van der Waals surface area (Å²) < 4.78 is 0. The number of aryl methyl sites for hydroxylation is 1. The van der Waals surface area contributed by atoms with Crippen LogP contribution in [0.1, 0.15) is 18.1 Å². The van der Waals surface area contributed by atoms with Gasteiger partial charge < -0.3 is 10.6 Å². The van der Waals surface area contributed by atoms with E-state index in [4.69, 9.17) is 11.6 Å². The average molecular weight is 374 g/mol. The number of nitrogens with one attached hydrogen (secondary N) is 2. The monoisotopic (exact) mass is 373 g/mol. The Labute approximate surface area is 159 Å². The first-order valence-corrected chi connectivity index (χ1v) is 8.93. The van der Waals surface area contributed by atoms with Crippen molar-refractivity contribution in [2.45, 2.75) is 19.9 Å². The molecule has 0 unspecified atom stereocenters. The van der Waals surface area contributed by atoms with E-state index < -0.39 is 0 Å². The molecule has 0 aromatic heterocycles. The summed E-state index contributed by atoms with van der Waals surface area (Å²) in [5.74, 6) is -0.287. The normalized spacial score (nSPS) is 10.6. The number of amides is 2. The van der Waals surface area contributed by atoms with Crippen LogP contribution < -0.4 is 10.6 Å². The van der Waals surface area contributed by atoms with Crippen LogP contribution in [-0.4, -0.2) is 36.9 Å². The summed E-state index contributed by atoms with van der Waals surface area (Å²) in [4.78, 5) is 25.9. The number of halogens is 1. The number of likely N-dealkylation sites (N-methyl/N-ethyl adjacent to an activating group) is 1. The molecule has 138 valence electrons. The first kappa shape index (κ1) is 19.9. The summed E-state index contributed by atoms with van der Waals surface area (Å²) in [5.41, 5.74) is 2.84. The third-order valence-corrected chi connectivity index (χ3v) is 4.11. The highest BCUT2D eigenvalue weighted by atomic mass is 35.5. The van der Waals surface area contributed by atoms with Crippen molar-refractivity contribution in [2.24, 2.45) is 0 Å². The van der Waals surface area contributed by atoms with Gasteiger partial charge in [0.25, 0.3) is 0 Å². The fourth-order valence-electron chi connectivity index (χ4n) is 2.59. The fraction of sp³-hybridized carbons (Fsp3) is 0.300. The molecule has 2 rings (SSSR count). The minimum Gasteiger partial charge on any atom is -0.351 e. The van der Waals surface area contributed by atoms with Gasteiger partial charge in [0.15, 0.2) is 0 Å². The predicted molar refractivity (Wildman–Crippen MR) is 105 cm³/mol. The maximum absolute atomic E-state index is 12.2. The second kappa shape index (κ2) is 9.94. The Morgan fingerprint density at radius 1 is 1.04 bits per heavy atom. The number of hydrogen-bond donors (Lipinski definition) is 2. The predicted octanol–water partition coefficient (Wildman–Crippen LogP) is 3.09.